The van der Waals surface area contributed by atoms with Gasteiger partial charge in [-0.2, -0.15) is 0 Å². The smallest absolute Gasteiger partial charge is 0.206 e. The topological polar surface area (TPSA) is 40.6 Å². The van der Waals surface area contributed by atoms with Gasteiger partial charge in [-0.15, -0.1) is 24.8 Å². The second-order valence-corrected chi connectivity index (χ2v) is 10.5. The number of benzene rings is 2. The Morgan fingerprint density at radius 3 is 2.17 bits per heavy atom. The summed E-state index contributed by atoms with van der Waals surface area (Å²) in [7, 11) is -1.31. The summed E-state index contributed by atoms with van der Waals surface area (Å²) < 4.78 is 26.1. The van der Waals surface area contributed by atoms with Crippen molar-refractivity contribution in [2.45, 2.75) is 47.9 Å². The van der Waals surface area contributed by atoms with Crippen LogP contribution in [0.25, 0.3) is 0 Å². The Morgan fingerprint density at radius 2 is 1.55 bits per heavy atom. The van der Waals surface area contributed by atoms with Crippen LogP contribution in [0.1, 0.15) is 32.3 Å². The van der Waals surface area contributed by atoms with Crippen molar-refractivity contribution >= 4 is 40.3 Å². The van der Waals surface area contributed by atoms with Gasteiger partial charge < -0.3 is 9.80 Å². The molecular weight excluding hydrogens is 427 g/mol. The highest BCUT2D eigenvalue weighted by Gasteiger charge is 2.39. The number of rotatable bonds is 3. The quantitative estimate of drug-likeness (QED) is 0.678. The summed E-state index contributed by atoms with van der Waals surface area (Å²) in [6, 6.07) is 15.0. The van der Waals surface area contributed by atoms with E-state index in [2.05, 4.69) is 30.7 Å². The first-order chi connectivity index (χ1) is 12.8. The molecular formula is C22H30Cl2N2O2S. The third kappa shape index (κ3) is 4.43. The fourth-order valence-electron chi connectivity index (χ4n) is 4.44. The van der Waals surface area contributed by atoms with Crippen LogP contribution in [-0.4, -0.2) is 46.0 Å². The molecule has 29 heavy (non-hydrogen) atoms. The summed E-state index contributed by atoms with van der Waals surface area (Å²) >= 11 is 0. The molecule has 2 heterocycles. The summed E-state index contributed by atoms with van der Waals surface area (Å²) in [5, 5.41) is 0. The van der Waals surface area contributed by atoms with Crippen LogP contribution in [0.2, 0.25) is 0 Å². The molecule has 0 unspecified atom stereocenters. The first kappa shape index (κ1) is 24.0. The molecule has 0 radical (unpaired) electrons. The molecule has 0 aromatic heterocycles. The minimum atomic E-state index is -3.49. The molecule has 2 aliphatic rings. The van der Waals surface area contributed by atoms with E-state index in [9.17, 15) is 8.42 Å². The van der Waals surface area contributed by atoms with Crippen LogP contribution in [-0.2, 0) is 15.3 Å². The molecule has 0 bridgehead atoms. The SMILES string of the molecule is CN1CCC(N2CC(C)(C)c3cc(S(=O)(=O)c4ccccc4)ccc32)CC1.Cl.Cl. The van der Waals surface area contributed by atoms with E-state index < -0.39 is 9.84 Å². The molecule has 160 valence electrons. The predicted octanol–water partition coefficient (Wildman–Crippen LogP) is 4.55. The summed E-state index contributed by atoms with van der Waals surface area (Å²) in [6.07, 6.45) is 2.33. The molecule has 0 amide bonds. The van der Waals surface area contributed by atoms with Gasteiger partial charge in [0.05, 0.1) is 9.79 Å². The molecule has 0 N–H and O–H groups in total. The monoisotopic (exact) mass is 456 g/mol. The number of hydrogen-bond donors (Lipinski definition) is 0. The van der Waals surface area contributed by atoms with E-state index in [1.165, 1.54) is 5.69 Å². The Morgan fingerprint density at radius 1 is 0.931 bits per heavy atom. The molecule has 0 spiro atoms. The van der Waals surface area contributed by atoms with Gasteiger partial charge in [0.2, 0.25) is 9.84 Å². The standard InChI is InChI=1S/C22H28N2O2S.2ClH/c1-22(2)16-24(17-11-13-23(3)14-12-17)21-10-9-19(15-20(21)22)27(25,26)18-7-5-4-6-8-18;;/h4-10,15,17H,11-14,16H2,1-3H3;2*1H. The number of anilines is 1. The minimum Gasteiger partial charge on any atom is -0.367 e. The highest BCUT2D eigenvalue weighted by Crippen LogP contribution is 2.44. The van der Waals surface area contributed by atoms with Crippen molar-refractivity contribution in [2.75, 3.05) is 31.6 Å². The van der Waals surface area contributed by atoms with Crippen LogP contribution in [0.15, 0.2) is 58.3 Å². The Labute approximate surface area is 187 Å². The summed E-state index contributed by atoms with van der Waals surface area (Å²) in [5.74, 6) is 0. The number of hydrogen-bond acceptors (Lipinski definition) is 4. The summed E-state index contributed by atoms with van der Waals surface area (Å²) in [4.78, 5) is 5.65. The summed E-state index contributed by atoms with van der Waals surface area (Å²) in [5.41, 5.74) is 2.31. The average Bonchev–Trinajstić information content (AvgIpc) is 2.94. The van der Waals surface area contributed by atoms with Gasteiger partial charge in [-0.25, -0.2) is 8.42 Å². The maximum absolute atomic E-state index is 13.0. The molecule has 1 fully saturated rings. The number of sulfone groups is 1. The largest absolute Gasteiger partial charge is 0.367 e. The van der Waals surface area contributed by atoms with Crippen molar-refractivity contribution in [3.63, 3.8) is 0 Å². The lowest BCUT2D eigenvalue weighted by Crippen LogP contribution is -2.44. The molecule has 1 saturated heterocycles. The van der Waals surface area contributed by atoms with E-state index >= 15 is 0 Å². The fraction of sp³-hybridized carbons (Fsp3) is 0.455. The van der Waals surface area contributed by atoms with Crippen LogP contribution in [0, 0.1) is 0 Å². The van der Waals surface area contributed by atoms with Gasteiger partial charge >= 0.3 is 0 Å². The second kappa shape index (κ2) is 8.84. The predicted molar refractivity (Wildman–Crippen MR) is 124 cm³/mol. The molecule has 0 atom stereocenters. The highest BCUT2D eigenvalue weighted by molar-refractivity contribution is 7.91. The van der Waals surface area contributed by atoms with E-state index in [0.717, 1.165) is 38.0 Å². The normalized spacial score (nSPS) is 19.2. The van der Waals surface area contributed by atoms with E-state index in [1.54, 1.807) is 30.3 Å². The third-order valence-corrected chi connectivity index (χ3v) is 7.83. The zero-order valence-corrected chi connectivity index (χ0v) is 19.6. The molecule has 0 aliphatic carbocycles. The fourth-order valence-corrected chi connectivity index (χ4v) is 5.75. The highest BCUT2D eigenvalue weighted by atomic mass is 35.5. The lowest BCUT2D eigenvalue weighted by molar-refractivity contribution is 0.248. The average molecular weight is 457 g/mol. The Bertz CT molecular complexity index is 941. The van der Waals surface area contributed by atoms with Gasteiger partial charge in [-0.3, -0.25) is 0 Å². The maximum Gasteiger partial charge on any atom is 0.206 e. The van der Waals surface area contributed by atoms with Crippen molar-refractivity contribution in [3.05, 3.63) is 54.1 Å². The number of likely N-dealkylation sites (tertiary alicyclic amines) is 1. The van der Waals surface area contributed by atoms with Crippen LogP contribution >= 0.6 is 24.8 Å². The lowest BCUT2D eigenvalue weighted by atomic mass is 9.87. The first-order valence-electron chi connectivity index (χ1n) is 9.69. The lowest BCUT2D eigenvalue weighted by Gasteiger charge is -2.37. The number of nitrogens with zero attached hydrogens (tertiary/aromatic N) is 2. The van der Waals surface area contributed by atoms with Crippen LogP contribution in [0.5, 0.6) is 0 Å². The van der Waals surface area contributed by atoms with Gasteiger partial charge in [0.15, 0.2) is 0 Å². The zero-order chi connectivity index (χ0) is 19.2. The first-order valence-corrected chi connectivity index (χ1v) is 11.2. The van der Waals surface area contributed by atoms with E-state index in [-0.39, 0.29) is 30.2 Å². The second-order valence-electron chi connectivity index (χ2n) is 8.54. The number of piperidine rings is 1. The minimum absolute atomic E-state index is 0. The van der Waals surface area contributed by atoms with Gasteiger partial charge in [0.1, 0.15) is 0 Å². The van der Waals surface area contributed by atoms with Crippen LogP contribution in [0.4, 0.5) is 5.69 Å². The molecule has 7 heteroatoms. The van der Waals surface area contributed by atoms with Gasteiger partial charge in [0, 0.05) is 23.7 Å². The van der Waals surface area contributed by atoms with Crippen molar-refractivity contribution < 1.29 is 8.42 Å². The van der Waals surface area contributed by atoms with E-state index in [1.807, 2.05) is 18.2 Å². The molecule has 2 aromatic rings. The van der Waals surface area contributed by atoms with Crippen molar-refractivity contribution in [2.24, 2.45) is 0 Å². The molecule has 2 aromatic carbocycles. The summed E-state index contributed by atoms with van der Waals surface area (Å²) in [6.45, 7) is 7.64. The van der Waals surface area contributed by atoms with Crippen molar-refractivity contribution in [1.82, 2.24) is 4.90 Å². The van der Waals surface area contributed by atoms with Gasteiger partial charge in [0.25, 0.3) is 0 Å². The Kier molecular flexibility index (Phi) is 7.32. The van der Waals surface area contributed by atoms with E-state index in [4.69, 9.17) is 0 Å². The zero-order valence-electron chi connectivity index (χ0n) is 17.2. The van der Waals surface area contributed by atoms with Crippen LogP contribution in [0.3, 0.4) is 0 Å². The molecule has 2 aliphatic heterocycles. The maximum atomic E-state index is 13.0. The Hall–Kier alpha value is -1.27. The van der Waals surface area contributed by atoms with Gasteiger partial charge in [-0.1, -0.05) is 32.0 Å². The van der Waals surface area contributed by atoms with Crippen LogP contribution < -0.4 is 4.90 Å². The van der Waals surface area contributed by atoms with E-state index in [0.29, 0.717) is 15.8 Å². The third-order valence-electron chi connectivity index (χ3n) is 6.06. The number of fused-ring (bicyclic) bond motifs is 1. The van der Waals surface area contributed by atoms with Crippen molar-refractivity contribution in [1.29, 1.82) is 0 Å². The molecule has 0 saturated carbocycles. The molecule has 4 rings (SSSR count). The number of halogens is 2. The Balaban J connectivity index is 0.00000150. The van der Waals surface area contributed by atoms with Gasteiger partial charge in [-0.05, 0) is 68.9 Å². The van der Waals surface area contributed by atoms with Crippen molar-refractivity contribution in [3.8, 4) is 0 Å². The molecule has 4 nitrogen and oxygen atoms in total.